The van der Waals surface area contributed by atoms with Crippen LogP contribution < -0.4 is 0 Å². The Labute approximate surface area is 76.2 Å². The Morgan fingerprint density at radius 3 is 2.50 bits per heavy atom. The van der Waals surface area contributed by atoms with Crippen LogP contribution in [0.2, 0.25) is 0 Å². The first-order valence-corrected chi connectivity index (χ1v) is 5.52. The van der Waals surface area contributed by atoms with Crippen LogP contribution >= 0.6 is 0 Å². The van der Waals surface area contributed by atoms with Crippen molar-refractivity contribution in [2.24, 2.45) is 5.92 Å². The molecule has 12 heavy (non-hydrogen) atoms. The molecule has 0 aromatic heterocycles. The number of aliphatic hydroxyl groups is 1. The number of rotatable bonds is 4. The Morgan fingerprint density at radius 1 is 1.25 bits per heavy atom. The largest absolute Gasteiger partial charge is 0.393 e. The predicted molar refractivity (Wildman–Crippen MR) is 52.1 cm³/mol. The van der Waals surface area contributed by atoms with Gasteiger partial charge in [-0.1, -0.05) is 39.0 Å². The van der Waals surface area contributed by atoms with Crippen LogP contribution in [0.1, 0.15) is 58.3 Å². The zero-order valence-electron chi connectivity index (χ0n) is 8.26. The second kappa shape index (κ2) is 5.58. The first kappa shape index (κ1) is 10.0. The molecule has 1 atom stereocenters. The van der Waals surface area contributed by atoms with Crippen molar-refractivity contribution in [2.45, 2.75) is 64.4 Å². The minimum atomic E-state index is 0.00486. The van der Waals surface area contributed by atoms with E-state index in [0.29, 0.717) is 5.92 Å². The summed E-state index contributed by atoms with van der Waals surface area (Å²) in [6.07, 6.45) is 10.0. The Bertz CT molecular complexity index is 106. The topological polar surface area (TPSA) is 20.2 Å². The molecular weight excluding hydrogens is 148 g/mol. The van der Waals surface area contributed by atoms with Crippen molar-refractivity contribution in [1.82, 2.24) is 0 Å². The quantitative estimate of drug-likeness (QED) is 0.687. The second-order valence-electron chi connectivity index (χ2n) is 4.11. The van der Waals surface area contributed by atoms with Gasteiger partial charge in [-0.15, -0.1) is 0 Å². The van der Waals surface area contributed by atoms with Gasteiger partial charge in [-0.05, 0) is 25.2 Å². The van der Waals surface area contributed by atoms with E-state index in [1.807, 2.05) is 0 Å². The lowest BCUT2D eigenvalue weighted by atomic mass is 9.84. The average molecular weight is 170 g/mol. The summed E-state index contributed by atoms with van der Waals surface area (Å²) >= 11 is 0. The molecule has 1 rings (SSSR count). The van der Waals surface area contributed by atoms with Gasteiger partial charge < -0.3 is 5.11 Å². The Kier molecular flexibility index (Phi) is 4.67. The summed E-state index contributed by atoms with van der Waals surface area (Å²) in [7, 11) is 0. The number of hydrogen-bond donors (Lipinski definition) is 1. The molecular formula is C11H22O. The third kappa shape index (κ3) is 3.14. The normalized spacial score (nSPS) is 22.5. The predicted octanol–water partition coefficient (Wildman–Crippen LogP) is 3.12. The summed E-state index contributed by atoms with van der Waals surface area (Å²) in [5.74, 6) is 0.630. The summed E-state index contributed by atoms with van der Waals surface area (Å²) in [5, 5.41) is 9.81. The van der Waals surface area contributed by atoms with E-state index >= 15 is 0 Å². The Hall–Kier alpha value is -0.0400. The zero-order valence-corrected chi connectivity index (χ0v) is 8.26. The van der Waals surface area contributed by atoms with Crippen LogP contribution in [0.5, 0.6) is 0 Å². The lowest BCUT2D eigenvalue weighted by Gasteiger charge is -2.26. The van der Waals surface area contributed by atoms with Gasteiger partial charge in [0, 0.05) is 0 Å². The van der Waals surface area contributed by atoms with Crippen molar-refractivity contribution in [3.05, 3.63) is 0 Å². The smallest absolute Gasteiger partial charge is 0.0568 e. The minimum Gasteiger partial charge on any atom is -0.393 e. The molecule has 1 heteroatoms. The van der Waals surface area contributed by atoms with Gasteiger partial charge in [0.25, 0.3) is 0 Å². The molecule has 0 spiro atoms. The first-order chi connectivity index (χ1) is 5.84. The summed E-state index contributed by atoms with van der Waals surface area (Å²) in [6.45, 7) is 2.19. The van der Waals surface area contributed by atoms with Crippen LogP contribution in [0.15, 0.2) is 0 Å². The van der Waals surface area contributed by atoms with Gasteiger partial charge in [0.05, 0.1) is 6.10 Å². The van der Waals surface area contributed by atoms with E-state index in [1.54, 1.807) is 0 Å². The lowest BCUT2D eigenvalue weighted by molar-refractivity contribution is 0.0753. The molecule has 0 radical (unpaired) electrons. The highest BCUT2D eigenvalue weighted by atomic mass is 16.3. The standard InChI is InChI=1S/C11H22O/c1-2-3-9-11(12)10-7-5-4-6-8-10/h10-12H,2-9H2,1H3/t11-/m0/s1. The molecule has 0 aromatic carbocycles. The molecule has 1 aliphatic rings. The Morgan fingerprint density at radius 2 is 1.92 bits per heavy atom. The van der Waals surface area contributed by atoms with Gasteiger partial charge in [-0.2, -0.15) is 0 Å². The van der Waals surface area contributed by atoms with Crippen LogP contribution in [0.25, 0.3) is 0 Å². The molecule has 0 heterocycles. The van der Waals surface area contributed by atoms with E-state index < -0.39 is 0 Å². The van der Waals surface area contributed by atoms with Gasteiger partial charge in [0.15, 0.2) is 0 Å². The van der Waals surface area contributed by atoms with E-state index in [-0.39, 0.29) is 6.10 Å². The van der Waals surface area contributed by atoms with Crippen LogP contribution in [0.3, 0.4) is 0 Å². The van der Waals surface area contributed by atoms with E-state index in [0.717, 1.165) is 6.42 Å². The van der Waals surface area contributed by atoms with Crippen LogP contribution in [0, 0.1) is 5.92 Å². The van der Waals surface area contributed by atoms with Gasteiger partial charge in [0.2, 0.25) is 0 Å². The fourth-order valence-corrected chi connectivity index (χ4v) is 2.17. The van der Waals surface area contributed by atoms with Crippen LogP contribution in [-0.4, -0.2) is 11.2 Å². The summed E-state index contributed by atoms with van der Waals surface area (Å²) in [4.78, 5) is 0. The SMILES string of the molecule is CCCC[C@H](O)C1CCCCC1. The molecule has 0 saturated heterocycles. The maximum absolute atomic E-state index is 9.81. The maximum atomic E-state index is 9.81. The number of aliphatic hydroxyl groups excluding tert-OH is 1. The van der Waals surface area contributed by atoms with Crippen molar-refractivity contribution in [3.8, 4) is 0 Å². The molecule has 72 valence electrons. The monoisotopic (exact) mass is 170 g/mol. The molecule has 1 nitrogen and oxygen atoms in total. The Balaban J connectivity index is 2.15. The van der Waals surface area contributed by atoms with Crippen LogP contribution in [-0.2, 0) is 0 Å². The van der Waals surface area contributed by atoms with Gasteiger partial charge >= 0.3 is 0 Å². The average Bonchev–Trinajstić information content (AvgIpc) is 2.15. The van der Waals surface area contributed by atoms with Crippen molar-refractivity contribution in [3.63, 3.8) is 0 Å². The summed E-state index contributed by atoms with van der Waals surface area (Å²) in [5.41, 5.74) is 0. The van der Waals surface area contributed by atoms with Gasteiger partial charge in [0.1, 0.15) is 0 Å². The molecule has 1 fully saturated rings. The van der Waals surface area contributed by atoms with Crippen molar-refractivity contribution >= 4 is 0 Å². The molecule has 0 unspecified atom stereocenters. The highest BCUT2D eigenvalue weighted by Gasteiger charge is 2.20. The number of unbranched alkanes of at least 4 members (excludes halogenated alkanes) is 1. The van der Waals surface area contributed by atoms with E-state index in [1.165, 1.54) is 44.9 Å². The molecule has 1 N–H and O–H groups in total. The lowest BCUT2D eigenvalue weighted by Crippen LogP contribution is -2.22. The summed E-state index contributed by atoms with van der Waals surface area (Å²) in [6, 6.07) is 0. The molecule has 0 aliphatic heterocycles. The number of hydrogen-bond acceptors (Lipinski definition) is 1. The van der Waals surface area contributed by atoms with Gasteiger partial charge in [-0.25, -0.2) is 0 Å². The minimum absolute atomic E-state index is 0.00486. The molecule has 0 bridgehead atoms. The highest BCUT2D eigenvalue weighted by molar-refractivity contribution is 4.72. The maximum Gasteiger partial charge on any atom is 0.0568 e. The molecule has 0 amide bonds. The highest BCUT2D eigenvalue weighted by Crippen LogP contribution is 2.28. The fraction of sp³-hybridized carbons (Fsp3) is 1.00. The van der Waals surface area contributed by atoms with Gasteiger partial charge in [-0.3, -0.25) is 0 Å². The van der Waals surface area contributed by atoms with Crippen LogP contribution in [0.4, 0.5) is 0 Å². The fourth-order valence-electron chi connectivity index (χ4n) is 2.17. The third-order valence-corrected chi connectivity index (χ3v) is 3.05. The zero-order chi connectivity index (χ0) is 8.81. The molecule has 1 aliphatic carbocycles. The van der Waals surface area contributed by atoms with E-state index in [9.17, 15) is 5.11 Å². The summed E-state index contributed by atoms with van der Waals surface area (Å²) < 4.78 is 0. The second-order valence-corrected chi connectivity index (χ2v) is 4.11. The van der Waals surface area contributed by atoms with E-state index in [2.05, 4.69) is 6.92 Å². The van der Waals surface area contributed by atoms with Crippen molar-refractivity contribution < 1.29 is 5.11 Å². The van der Waals surface area contributed by atoms with Crippen molar-refractivity contribution in [1.29, 1.82) is 0 Å². The molecule has 1 saturated carbocycles. The third-order valence-electron chi connectivity index (χ3n) is 3.05. The molecule has 0 aromatic rings. The first-order valence-electron chi connectivity index (χ1n) is 5.52. The van der Waals surface area contributed by atoms with E-state index in [4.69, 9.17) is 0 Å². The van der Waals surface area contributed by atoms with Crippen molar-refractivity contribution in [2.75, 3.05) is 0 Å².